The Morgan fingerprint density at radius 3 is 2.30 bits per heavy atom. The molecular weight excluding hydrogens is 298 g/mol. The number of hydrogen-bond acceptors (Lipinski definition) is 2. The second kappa shape index (κ2) is 5.07. The van der Waals surface area contributed by atoms with Gasteiger partial charge in [0.05, 0.1) is 20.0 Å². The summed E-state index contributed by atoms with van der Waals surface area (Å²) in [5, 5.41) is 3.79. The van der Waals surface area contributed by atoms with Crippen LogP contribution in [0, 0.1) is 0 Å². The largest absolute Gasteiger partial charge is 0.454 e. The molecule has 0 aliphatic carbocycles. The van der Waals surface area contributed by atoms with Crippen molar-refractivity contribution in [2.75, 3.05) is 0 Å². The van der Waals surface area contributed by atoms with E-state index in [4.69, 9.17) is 4.42 Å². The van der Waals surface area contributed by atoms with Crippen molar-refractivity contribution in [3.63, 3.8) is 0 Å². The van der Waals surface area contributed by atoms with Crippen LogP contribution in [0.25, 0.3) is 33.2 Å². The fourth-order valence-electron chi connectivity index (χ4n) is 2.92. The summed E-state index contributed by atoms with van der Waals surface area (Å²) >= 11 is 0. The second-order valence-corrected chi connectivity index (χ2v) is 12.1. The van der Waals surface area contributed by atoms with E-state index < -0.39 is 8.07 Å². The van der Waals surface area contributed by atoms with Gasteiger partial charge in [-0.1, -0.05) is 67.3 Å². The van der Waals surface area contributed by atoms with E-state index in [-0.39, 0.29) is 0 Å². The summed E-state index contributed by atoms with van der Waals surface area (Å²) in [5.74, 6) is 0. The van der Waals surface area contributed by atoms with Crippen molar-refractivity contribution >= 4 is 35.2 Å². The zero-order valence-electron chi connectivity index (χ0n) is 13.6. The first-order valence-electron chi connectivity index (χ1n) is 7.90. The maximum atomic E-state index is 5.96. The summed E-state index contributed by atoms with van der Waals surface area (Å²) in [6.45, 7) is 7.11. The standard InChI is InChI=1S/C20H19NOSi/c1-23(2,3)15-9-10-19-16(11-15)17-12-18(21-13-20(17)22-19)14-7-5-4-6-8-14/h4-13H,1-3H3. The van der Waals surface area contributed by atoms with E-state index in [9.17, 15) is 0 Å². The van der Waals surface area contributed by atoms with Crippen molar-refractivity contribution < 1.29 is 4.42 Å². The second-order valence-electron chi connectivity index (χ2n) is 6.99. The number of nitrogens with zero attached hydrogens (tertiary/aromatic N) is 1. The maximum Gasteiger partial charge on any atom is 0.153 e. The SMILES string of the molecule is C[Si](C)(C)c1ccc2oc3cnc(-c4ccccc4)cc3c2c1. The van der Waals surface area contributed by atoms with Crippen LogP contribution in [0.15, 0.2) is 65.2 Å². The van der Waals surface area contributed by atoms with Gasteiger partial charge in [-0.05, 0) is 12.1 Å². The molecule has 4 rings (SSSR count). The van der Waals surface area contributed by atoms with E-state index in [0.29, 0.717) is 0 Å². The third-order valence-electron chi connectivity index (χ3n) is 4.29. The summed E-state index contributed by atoms with van der Waals surface area (Å²) in [6, 6.07) is 19.0. The van der Waals surface area contributed by atoms with Crippen molar-refractivity contribution in [2.45, 2.75) is 19.6 Å². The number of fused-ring (bicyclic) bond motifs is 3. The van der Waals surface area contributed by atoms with Crippen LogP contribution in [-0.4, -0.2) is 13.1 Å². The molecule has 2 aromatic heterocycles. The first-order chi connectivity index (χ1) is 11.0. The van der Waals surface area contributed by atoms with E-state index in [2.05, 4.69) is 61.0 Å². The molecule has 2 heterocycles. The Kier molecular flexibility index (Phi) is 3.13. The van der Waals surface area contributed by atoms with Crippen LogP contribution in [0.4, 0.5) is 0 Å². The first-order valence-corrected chi connectivity index (χ1v) is 11.4. The third kappa shape index (κ3) is 2.47. The van der Waals surface area contributed by atoms with Gasteiger partial charge in [0.1, 0.15) is 5.58 Å². The third-order valence-corrected chi connectivity index (χ3v) is 6.34. The molecule has 2 aromatic carbocycles. The Balaban J connectivity index is 1.97. The lowest BCUT2D eigenvalue weighted by Crippen LogP contribution is -2.37. The molecule has 114 valence electrons. The molecule has 0 saturated heterocycles. The Hall–Kier alpha value is -2.39. The average molecular weight is 317 g/mol. The number of rotatable bonds is 2. The molecule has 0 unspecified atom stereocenters. The molecule has 0 radical (unpaired) electrons. The number of pyridine rings is 1. The van der Waals surface area contributed by atoms with Crippen LogP contribution in [-0.2, 0) is 0 Å². The first kappa shape index (κ1) is 14.2. The van der Waals surface area contributed by atoms with Gasteiger partial charge in [0.25, 0.3) is 0 Å². The molecule has 0 spiro atoms. The topological polar surface area (TPSA) is 26.0 Å². The van der Waals surface area contributed by atoms with Gasteiger partial charge in [0.15, 0.2) is 5.58 Å². The zero-order valence-corrected chi connectivity index (χ0v) is 14.6. The Labute approximate surface area is 136 Å². The minimum Gasteiger partial charge on any atom is -0.454 e. The molecule has 23 heavy (non-hydrogen) atoms. The van der Waals surface area contributed by atoms with Crippen LogP contribution in [0.5, 0.6) is 0 Å². The molecule has 0 amide bonds. The lowest BCUT2D eigenvalue weighted by atomic mass is 10.1. The van der Waals surface area contributed by atoms with Crippen molar-refractivity contribution in [3.8, 4) is 11.3 Å². The molecule has 2 nitrogen and oxygen atoms in total. The van der Waals surface area contributed by atoms with Crippen LogP contribution in [0.3, 0.4) is 0 Å². The Morgan fingerprint density at radius 1 is 0.826 bits per heavy atom. The molecule has 0 fully saturated rings. The number of furan rings is 1. The minimum atomic E-state index is -1.35. The molecule has 0 N–H and O–H groups in total. The van der Waals surface area contributed by atoms with Crippen LogP contribution in [0.1, 0.15) is 0 Å². The normalized spacial score (nSPS) is 12.1. The molecule has 0 atom stereocenters. The molecule has 0 aliphatic rings. The van der Waals surface area contributed by atoms with Crippen molar-refractivity contribution in [1.29, 1.82) is 0 Å². The van der Waals surface area contributed by atoms with Gasteiger partial charge >= 0.3 is 0 Å². The van der Waals surface area contributed by atoms with Crippen molar-refractivity contribution in [1.82, 2.24) is 4.98 Å². The van der Waals surface area contributed by atoms with Gasteiger partial charge in [-0.15, -0.1) is 0 Å². The molecule has 0 bridgehead atoms. The highest BCUT2D eigenvalue weighted by Crippen LogP contribution is 2.30. The number of hydrogen-bond donors (Lipinski definition) is 0. The average Bonchev–Trinajstić information content (AvgIpc) is 2.92. The molecular formula is C20H19NOSi. The highest BCUT2D eigenvalue weighted by atomic mass is 28.3. The highest BCUT2D eigenvalue weighted by Gasteiger charge is 2.18. The van der Waals surface area contributed by atoms with E-state index >= 15 is 0 Å². The smallest absolute Gasteiger partial charge is 0.153 e. The lowest BCUT2D eigenvalue weighted by molar-refractivity contribution is 0.667. The molecule has 0 aliphatic heterocycles. The summed E-state index contributed by atoms with van der Waals surface area (Å²) < 4.78 is 5.96. The number of aromatic nitrogens is 1. The van der Waals surface area contributed by atoms with E-state index in [1.54, 1.807) is 0 Å². The van der Waals surface area contributed by atoms with Gasteiger partial charge in [-0.2, -0.15) is 0 Å². The zero-order chi connectivity index (χ0) is 16.0. The number of benzene rings is 2. The maximum absolute atomic E-state index is 5.96. The van der Waals surface area contributed by atoms with Crippen molar-refractivity contribution in [3.05, 3.63) is 60.8 Å². The fourth-order valence-corrected chi connectivity index (χ4v) is 4.08. The van der Waals surface area contributed by atoms with E-state index in [1.807, 2.05) is 24.4 Å². The summed E-state index contributed by atoms with van der Waals surface area (Å²) in [5.41, 5.74) is 3.91. The van der Waals surface area contributed by atoms with Crippen LogP contribution in [0.2, 0.25) is 19.6 Å². The van der Waals surface area contributed by atoms with Gasteiger partial charge in [-0.25, -0.2) is 0 Å². The predicted octanol–water partition coefficient (Wildman–Crippen LogP) is 5.19. The minimum absolute atomic E-state index is 0.854. The summed E-state index contributed by atoms with van der Waals surface area (Å²) in [4.78, 5) is 4.56. The predicted molar refractivity (Wildman–Crippen MR) is 99.9 cm³/mol. The quantitative estimate of drug-likeness (QED) is 0.475. The highest BCUT2D eigenvalue weighted by molar-refractivity contribution is 6.88. The molecule has 0 saturated carbocycles. The monoisotopic (exact) mass is 317 g/mol. The van der Waals surface area contributed by atoms with E-state index in [0.717, 1.165) is 27.8 Å². The fraction of sp³-hybridized carbons (Fsp3) is 0.150. The van der Waals surface area contributed by atoms with Crippen LogP contribution >= 0.6 is 0 Å². The lowest BCUT2D eigenvalue weighted by Gasteiger charge is -2.16. The van der Waals surface area contributed by atoms with Gasteiger partial charge in [0.2, 0.25) is 0 Å². The Morgan fingerprint density at radius 2 is 1.57 bits per heavy atom. The van der Waals surface area contributed by atoms with E-state index in [1.165, 1.54) is 10.6 Å². The van der Waals surface area contributed by atoms with Gasteiger partial charge in [0, 0.05) is 16.3 Å². The van der Waals surface area contributed by atoms with Gasteiger partial charge < -0.3 is 4.42 Å². The summed E-state index contributed by atoms with van der Waals surface area (Å²) in [6.07, 6.45) is 1.84. The Bertz CT molecular complexity index is 997. The van der Waals surface area contributed by atoms with Crippen LogP contribution < -0.4 is 5.19 Å². The summed E-state index contributed by atoms with van der Waals surface area (Å²) in [7, 11) is -1.35. The van der Waals surface area contributed by atoms with Gasteiger partial charge in [-0.3, -0.25) is 4.98 Å². The van der Waals surface area contributed by atoms with Crippen molar-refractivity contribution in [2.24, 2.45) is 0 Å². The molecule has 4 aromatic rings. The molecule has 3 heteroatoms.